The fourth-order valence-corrected chi connectivity index (χ4v) is 2.88. The van der Waals surface area contributed by atoms with Gasteiger partial charge < -0.3 is 10.4 Å². The molecule has 19 heavy (non-hydrogen) atoms. The van der Waals surface area contributed by atoms with Gasteiger partial charge in [0.2, 0.25) is 0 Å². The first-order chi connectivity index (χ1) is 8.86. The van der Waals surface area contributed by atoms with Gasteiger partial charge in [-0.05, 0) is 29.4 Å². The maximum Gasteiger partial charge on any atom is 0.0494 e. The lowest BCUT2D eigenvalue weighted by atomic mass is 9.71. The van der Waals surface area contributed by atoms with Crippen LogP contribution in [0.15, 0.2) is 24.3 Å². The molecule has 0 heterocycles. The van der Waals surface area contributed by atoms with Gasteiger partial charge in [0.15, 0.2) is 0 Å². The standard InChI is InChI=1S/C17H27NO/c1-16(2,12-19)11-18-15-9-10-17(3,4)14-8-6-5-7-13(14)15/h5-8,15,18-19H,9-12H2,1-4H3. The number of aliphatic hydroxyl groups is 1. The van der Waals surface area contributed by atoms with Crippen LogP contribution in [0.25, 0.3) is 0 Å². The molecular formula is C17H27NO. The van der Waals surface area contributed by atoms with Crippen molar-refractivity contribution in [2.45, 2.75) is 52.0 Å². The summed E-state index contributed by atoms with van der Waals surface area (Å²) in [6.45, 7) is 9.93. The Balaban J connectivity index is 2.17. The molecule has 2 N–H and O–H groups in total. The van der Waals surface area contributed by atoms with E-state index < -0.39 is 0 Å². The van der Waals surface area contributed by atoms with Gasteiger partial charge in [0, 0.05) is 24.6 Å². The van der Waals surface area contributed by atoms with Crippen LogP contribution in [0.2, 0.25) is 0 Å². The van der Waals surface area contributed by atoms with Crippen molar-refractivity contribution >= 4 is 0 Å². The highest BCUT2D eigenvalue weighted by Crippen LogP contribution is 2.41. The molecule has 2 nitrogen and oxygen atoms in total. The zero-order valence-electron chi connectivity index (χ0n) is 12.7. The van der Waals surface area contributed by atoms with Gasteiger partial charge in [0.1, 0.15) is 0 Å². The van der Waals surface area contributed by atoms with Gasteiger partial charge in [-0.15, -0.1) is 0 Å². The maximum atomic E-state index is 9.36. The van der Waals surface area contributed by atoms with Crippen molar-refractivity contribution in [3.8, 4) is 0 Å². The summed E-state index contributed by atoms with van der Waals surface area (Å²) in [5.41, 5.74) is 3.14. The molecule has 1 aromatic carbocycles. The second-order valence-corrected chi connectivity index (χ2v) is 7.27. The van der Waals surface area contributed by atoms with E-state index in [1.807, 2.05) is 0 Å². The SMILES string of the molecule is CC(C)(CO)CNC1CCC(C)(C)c2ccccc21. The summed E-state index contributed by atoms with van der Waals surface area (Å²) in [6, 6.07) is 9.21. The summed E-state index contributed by atoms with van der Waals surface area (Å²) < 4.78 is 0. The van der Waals surface area contributed by atoms with Crippen LogP contribution < -0.4 is 5.32 Å². The number of fused-ring (bicyclic) bond motifs is 1. The van der Waals surface area contributed by atoms with Crippen LogP contribution in [0.1, 0.15) is 57.7 Å². The van der Waals surface area contributed by atoms with E-state index in [1.54, 1.807) is 0 Å². The minimum absolute atomic E-state index is 0.0537. The van der Waals surface area contributed by atoms with Gasteiger partial charge in [0.05, 0.1) is 0 Å². The fraction of sp³-hybridized carbons (Fsp3) is 0.647. The molecule has 0 aromatic heterocycles. The molecule has 1 aliphatic rings. The first-order valence-corrected chi connectivity index (χ1v) is 7.29. The second kappa shape index (κ2) is 5.26. The average molecular weight is 261 g/mol. The van der Waals surface area contributed by atoms with Crippen molar-refractivity contribution in [3.05, 3.63) is 35.4 Å². The van der Waals surface area contributed by atoms with Crippen LogP contribution >= 0.6 is 0 Å². The van der Waals surface area contributed by atoms with Crippen molar-refractivity contribution < 1.29 is 5.11 Å². The molecule has 106 valence electrons. The zero-order valence-corrected chi connectivity index (χ0v) is 12.7. The van der Waals surface area contributed by atoms with Gasteiger partial charge in [-0.1, -0.05) is 52.0 Å². The van der Waals surface area contributed by atoms with Crippen LogP contribution in [0.3, 0.4) is 0 Å². The molecule has 2 rings (SSSR count). The largest absolute Gasteiger partial charge is 0.396 e. The summed E-state index contributed by atoms with van der Waals surface area (Å²) in [5.74, 6) is 0. The van der Waals surface area contributed by atoms with Crippen molar-refractivity contribution in [3.63, 3.8) is 0 Å². The number of aliphatic hydroxyl groups excluding tert-OH is 1. The first kappa shape index (κ1) is 14.5. The fourth-order valence-electron chi connectivity index (χ4n) is 2.88. The van der Waals surface area contributed by atoms with Gasteiger partial charge in [-0.25, -0.2) is 0 Å². The van der Waals surface area contributed by atoms with Crippen LogP contribution in [-0.2, 0) is 5.41 Å². The molecule has 0 aliphatic heterocycles. The van der Waals surface area contributed by atoms with Gasteiger partial charge in [-0.3, -0.25) is 0 Å². The van der Waals surface area contributed by atoms with E-state index in [9.17, 15) is 5.11 Å². The van der Waals surface area contributed by atoms with Crippen LogP contribution in [-0.4, -0.2) is 18.3 Å². The molecule has 0 spiro atoms. The summed E-state index contributed by atoms with van der Waals surface area (Å²) in [5, 5.41) is 13.0. The molecule has 1 atom stereocenters. The third kappa shape index (κ3) is 3.18. The van der Waals surface area contributed by atoms with Crippen molar-refractivity contribution in [1.29, 1.82) is 0 Å². The molecule has 1 unspecified atom stereocenters. The summed E-state index contributed by atoms with van der Waals surface area (Å²) in [7, 11) is 0. The van der Waals surface area contributed by atoms with Crippen LogP contribution in [0, 0.1) is 5.41 Å². The van der Waals surface area contributed by atoms with Crippen molar-refractivity contribution in [2.24, 2.45) is 5.41 Å². The molecule has 0 radical (unpaired) electrons. The molecule has 0 bridgehead atoms. The Morgan fingerprint density at radius 2 is 2.00 bits per heavy atom. The molecular weight excluding hydrogens is 234 g/mol. The number of rotatable bonds is 4. The number of benzene rings is 1. The molecule has 0 amide bonds. The Bertz CT molecular complexity index is 437. The number of hydrogen-bond acceptors (Lipinski definition) is 2. The molecule has 0 fully saturated rings. The molecule has 1 aliphatic carbocycles. The van der Waals surface area contributed by atoms with Gasteiger partial charge in [0.25, 0.3) is 0 Å². The molecule has 1 aromatic rings. The molecule has 0 saturated heterocycles. The Morgan fingerprint density at radius 3 is 2.68 bits per heavy atom. The van der Waals surface area contributed by atoms with Gasteiger partial charge in [-0.2, -0.15) is 0 Å². The summed E-state index contributed by atoms with van der Waals surface area (Å²) in [4.78, 5) is 0. The third-order valence-electron chi connectivity index (χ3n) is 4.38. The minimum Gasteiger partial charge on any atom is -0.396 e. The Morgan fingerprint density at radius 1 is 1.32 bits per heavy atom. The highest BCUT2D eigenvalue weighted by Gasteiger charge is 2.32. The predicted molar refractivity (Wildman–Crippen MR) is 80.3 cm³/mol. The lowest BCUT2D eigenvalue weighted by Gasteiger charge is -2.38. The van der Waals surface area contributed by atoms with E-state index in [4.69, 9.17) is 0 Å². The van der Waals surface area contributed by atoms with Crippen LogP contribution in [0.4, 0.5) is 0 Å². The zero-order chi connectivity index (χ0) is 14.1. The number of nitrogens with one attached hydrogen (secondary N) is 1. The topological polar surface area (TPSA) is 32.3 Å². The molecule has 2 heteroatoms. The highest BCUT2D eigenvalue weighted by atomic mass is 16.3. The lowest BCUT2D eigenvalue weighted by Crippen LogP contribution is -2.38. The average Bonchev–Trinajstić information content (AvgIpc) is 2.38. The summed E-state index contributed by atoms with van der Waals surface area (Å²) >= 11 is 0. The van der Waals surface area contributed by atoms with Gasteiger partial charge >= 0.3 is 0 Å². The monoisotopic (exact) mass is 261 g/mol. The predicted octanol–water partition coefficient (Wildman–Crippen LogP) is 3.41. The van der Waals surface area contributed by atoms with Crippen LogP contribution in [0.5, 0.6) is 0 Å². The minimum atomic E-state index is -0.0537. The van der Waals surface area contributed by atoms with E-state index in [2.05, 4.69) is 57.3 Å². The van der Waals surface area contributed by atoms with E-state index in [1.165, 1.54) is 24.0 Å². The van der Waals surface area contributed by atoms with E-state index in [-0.39, 0.29) is 17.4 Å². The Hall–Kier alpha value is -0.860. The van der Waals surface area contributed by atoms with E-state index in [0.29, 0.717) is 6.04 Å². The Kier molecular flexibility index (Phi) is 4.03. The van der Waals surface area contributed by atoms with Crippen molar-refractivity contribution in [1.82, 2.24) is 5.32 Å². The maximum absolute atomic E-state index is 9.36. The normalized spacial score (nSPS) is 22.1. The Labute approximate surface area is 117 Å². The molecule has 0 saturated carbocycles. The van der Waals surface area contributed by atoms with Crippen molar-refractivity contribution in [2.75, 3.05) is 13.2 Å². The lowest BCUT2D eigenvalue weighted by molar-refractivity contribution is 0.150. The smallest absolute Gasteiger partial charge is 0.0494 e. The quantitative estimate of drug-likeness (QED) is 0.870. The summed E-state index contributed by atoms with van der Waals surface area (Å²) in [6.07, 6.45) is 2.38. The second-order valence-electron chi connectivity index (χ2n) is 7.27. The van der Waals surface area contributed by atoms with E-state index in [0.717, 1.165) is 6.54 Å². The third-order valence-corrected chi connectivity index (χ3v) is 4.38. The highest BCUT2D eigenvalue weighted by molar-refractivity contribution is 5.38. The first-order valence-electron chi connectivity index (χ1n) is 7.29. The number of hydrogen-bond donors (Lipinski definition) is 2. The van der Waals surface area contributed by atoms with E-state index >= 15 is 0 Å².